The predicted molar refractivity (Wildman–Crippen MR) is 119 cm³/mol. The summed E-state index contributed by atoms with van der Waals surface area (Å²) in [4.78, 5) is 24.4. The predicted octanol–water partition coefficient (Wildman–Crippen LogP) is 4.83. The summed E-state index contributed by atoms with van der Waals surface area (Å²) in [5.41, 5.74) is 8.89. The van der Waals surface area contributed by atoms with Crippen LogP contribution in [0.4, 0.5) is 11.4 Å². The van der Waals surface area contributed by atoms with Crippen molar-refractivity contribution in [2.45, 2.75) is 45.4 Å². The molecule has 5 nitrogen and oxygen atoms in total. The molecule has 0 bridgehead atoms. The third-order valence-electron chi connectivity index (χ3n) is 4.44. The fraction of sp³-hybridized carbons (Fsp3) is 0.364. The molecule has 0 spiro atoms. The maximum atomic E-state index is 12.4. The number of para-hydroxylation sites is 2. The first-order chi connectivity index (χ1) is 13.5. The van der Waals surface area contributed by atoms with Crippen molar-refractivity contribution in [3.05, 3.63) is 58.1 Å². The lowest BCUT2D eigenvalue weighted by Crippen LogP contribution is -2.25. The SMILES string of the molecule is CC1=CC(C(=O)NCCCCCC(=O)Nc2ccccc2N)=CC(Br)=CCC1. The third-order valence-corrected chi connectivity index (χ3v) is 4.99. The summed E-state index contributed by atoms with van der Waals surface area (Å²) < 4.78 is 0.937. The van der Waals surface area contributed by atoms with Crippen molar-refractivity contribution in [2.75, 3.05) is 17.6 Å². The monoisotopic (exact) mass is 445 g/mol. The van der Waals surface area contributed by atoms with Crippen molar-refractivity contribution >= 4 is 39.1 Å². The number of rotatable bonds is 8. The molecule has 1 aromatic carbocycles. The fourth-order valence-electron chi connectivity index (χ4n) is 2.87. The molecule has 0 unspecified atom stereocenters. The zero-order chi connectivity index (χ0) is 20.4. The standard InChI is InChI=1S/C22H28BrN3O2/c1-16-8-7-9-18(23)15-17(14-16)22(28)25-13-6-2-3-12-21(27)26-20-11-5-4-10-19(20)24/h4-5,9-11,14-15H,2-3,6-8,12-13,24H2,1H3,(H,25,28)(H,26,27). The molecule has 0 aliphatic heterocycles. The van der Waals surface area contributed by atoms with Crippen LogP contribution in [0.3, 0.4) is 0 Å². The van der Waals surface area contributed by atoms with Gasteiger partial charge in [0.15, 0.2) is 0 Å². The van der Waals surface area contributed by atoms with Crippen LogP contribution in [0.1, 0.15) is 45.4 Å². The zero-order valence-corrected chi connectivity index (χ0v) is 17.8. The summed E-state index contributed by atoms with van der Waals surface area (Å²) in [5, 5.41) is 5.78. The quantitative estimate of drug-likeness (QED) is 0.395. The van der Waals surface area contributed by atoms with E-state index >= 15 is 0 Å². The Hall–Kier alpha value is -2.34. The van der Waals surface area contributed by atoms with Gasteiger partial charge in [-0.05, 0) is 50.8 Å². The highest BCUT2D eigenvalue weighted by Gasteiger charge is 2.09. The Balaban J connectivity index is 1.66. The Labute approximate surface area is 175 Å². The Kier molecular flexibility index (Phi) is 9.01. The molecular formula is C22H28BrN3O2. The number of unbranched alkanes of at least 4 members (excludes halogenated alkanes) is 2. The highest BCUT2D eigenvalue weighted by atomic mass is 79.9. The second-order valence-corrected chi connectivity index (χ2v) is 7.84. The van der Waals surface area contributed by atoms with Crippen molar-refractivity contribution in [1.82, 2.24) is 5.32 Å². The smallest absolute Gasteiger partial charge is 0.251 e. The van der Waals surface area contributed by atoms with Crippen LogP contribution in [0, 0.1) is 0 Å². The number of carbonyl (C=O) groups excluding carboxylic acids is 2. The summed E-state index contributed by atoms with van der Waals surface area (Å²) in [6, 6.07) is 7.22. The van der Waals surface area contributed by atoms with E-state index in [0.29, 0.717) is 29.9 Å². The summed E-state index contributed by atoms with van der Waals surface area (Å²) in [5.74, 6) is -0.109. The van der Waals surface area contributed by atoms with Gasteiger partial charge in [-0.1, -0.05) is 52.2 Å². The summed E-state index contributed by atoms with van der Waals surface area (Å²) in [6.07, 6.45) is 10.7. The molecule has 1 aliphatic rings. The summed E-state index contributed by atoms with van der Waals surface area (Å²) in [6.45, 7) is 2.64. The zero-order valence-electron chi connectivity index (χ0n) is 16.3. The molecule has 2 rings (SSSR count). The highest BCUT2D eigenvalue weighted by Crippen LogP contribution is 2.20. The largest absolute Gasteiger partial charge is 0.397 e. The van der Waals surface area contributed by atoms with E-state index in [1.165, 1.54) is 5.57 Å². The molecule has 6 heteroatoms. The van der Waals surface area contributed by atoms with Gasteiger partial charge in [0.25, 0.3) is 5.91 Å². The van der Waals surface area contributed by atoms with E-state index in [1.807, 2.05) is 31.2 Å². The molecule has 0 atom stereocenters. The fourth-order valence-corrected chi connectivity index (χ4v) is 3.35. The van der Waals surface area contributed by atoms with Crippen molar-refractivity contribution < 1.29 is 9.59 Å². The van der Waals surface area contributed by atoms with Crippen LogP contribution in [-0.2, 0) is 9.59 Å². The molecule has 28 heavy (non-hydrogen) atoms. The number of carbonyl (C=O) groups is 2. The molecule has 2 amide bonds. The average Bonchev–Trinajstić information content (AvgIpc) is 2.64. The number of halogens is 1. The van der Waals surface area contributed by atoms with E-state index in [9.17, 15) is 9.59 Å². The van der Waals surface area contributed by atoms with Crippen molar-refractivity contribution in [3.63, 3.8) is 0 Å². The van der Waals surface area contributed by atoms with Crippen LogP contribution >= 0.6 is 15.9 Å². The van der Waals surface area contributed by atoms with Crippen LogP contribution in [0.15, 0.2) is 58.1 Å². The molecule has 0 saturated carbocycles. The molecular weight excluding hydrogens is 418 g/mol. The molecule has 0 radical (unpaired) electrons. The van der Waals surface area contributed by atoms with Gasteiger partial charge in [0.2, 0.25) is 5.91 Å². The Morgan fingerprint density at radius 1 is 1.14 bits per heavy atom. The van der Waals surface area contributed by atoms with Crippen LogP contribution in [-0.4, -0.2) is 18.4 Å². The Bertz CT molecular complexity index is 797. The van der Waals surface area contributed by atoms with Gasteiger partial charge < -0.3 is 16.4 Å². The molecule has 0 heterocycles. The molecule has 0 saturated heterocycles. The maximum absolute atomic E-state index is 12.4. The summed E-state index contributed by atoms with van der Waals surface area (Å²) in [7, 11) is 0. The lowest BCUT2D eigenvalue weighted by atomic mass is 10.0. The second kappa shape index (κ2) is 11.5. The van der Waals surface area contributed by atoms with Gasteiger partial charge in [-0.3, -0.25) is 9.59 Å². The van der Waals surface area contributed by atoms with Crippen LogP contribution in [0.5, 0.6) is 0 Å². The lowest BCUT2D eigenvalue weighted by molar-refractivity contribution is -0.117. The van der Waals surface area contributed by atoms with Crippen LogP contribution in [0.2, 0.25) is 0 Å². The van der Waals surface area contributed by atoms with E-state index in [-0.39, 0.29) is 11.8 Å². The van der Waals surface area contributed by atoms with Crippen molar-refractivity contribution in [2.24, 2.45) is 0 Å². The summed E-state index contributed by atoms with van der Waals surface area (Å²) >= 11 is 3.48. The number of nitrogens with one attached hydrogen (secondary N) is 2. The highest BCUT2D eigenvalue weighted by molar-refractivity contribution is 9.11. The number of benzene rings is 1. The van der Waals surface area contributed by atoms with E-state index < -0.39 is 0 Å². The molecule has 4 N–H and O–H groups in total. The Morgan fingerprint density at radius 2 is 1.93 bits per heavy atom. The molecule has 1 aromatic rings. The number of anilines is 2. The van der Waals surface area contributed by atoms with E-state index in [0.717, 1.165) is 36.6 Å². The molecule has 150 valence electrons. The first-order valence-corrected chi connectivity index (χ1v) is 10.4. The Morgan fingerprint density at radius 3 is 2.71 bits per heavy atom. The van der Waals surface area contributed by atoms with Crippen LogP contribution in [0.25, 0.3) is 0 Å². The van der Waals surface area contributed by atoms with Gasteiger partial charge >= 0.3 is 0 Å². The number of hydrogen-bond acceptors (Lipinski definition) is 3. The van der Waals surface area contributed by atoms with E-state index in [2.05, 4.69) is 32.6 Å². The first kappa shape index (κ1) is 22.0. The number of nitrogen functional groups attached to an aromatic ring is 1. The number of amides is 2. The van der Waals surface area contributed by atoms with Crippen molar-refractivity contribution in [1.29, 1.82) is 0 Å². The second-order valence-electron chi connectivity index (χ2n) is 6.92. The minimum Gasteiger partial charge on any atom is -0.397 e. The maximum Gasteiger partial charge on any atom is 0.251 e. The minimum atomic E-state index is -0.0658. The van der Waals surface area contributed by atoms with Gasteiger partial charge in [-0.15, -0.1) is 0 Å². The molecule has 1 aliphatic carbocycles. The topological polar surface area (TPSA) is 84.2 Å². The van der Waals surface area contributed by atoms with Gasteiger partial charge in [-0.25, -0.2) is 0 Å². The van der Waals surface area contributed by atoms with Gasteiger partial charge in [-0.2, -0.15) is 0 Å². The average molecular weight is 446 g/mol. The van der Waals surface area contributed by atoms with Gasteiger partial charge in [0.05, 0.1) is 11.4 Å². The first-order valence-electron chi connectivity index (χ1n) is 9.63. The minimum absolute atomic E-state index is 0.0427. The molecule has 0 aromatic heterocycles. The number of hydrogen-bond donors (Lipinski definition) is 3. The van der Waals surface area contributed by atoms with Crippen LogP contribution < -0.4 is 16.4 Å². The van der Waals surface area contributed by atoms with E-state index in [4.69, 9.17) is 5.73 Å². The van der Waals surface area contributed by atoms with Crippen molar-refractivity contribution in [3.8, 4) is 0 Å². The van der Waals surface area contributed by atoms with E-state index in [1.54, 1.807) is 12.1 Å². The number of nitrogens with two attached hydrogens (primary N) is 1. The number of allylic oxidation sites excluding steroid dienone is 4. The molecule has 0 fully saturated rings. The van der Waals surface area contributed by atoms with Gasteiger partial charge in [0.1, 0.15) is 0 Å². The normalized spacial score (nSPS) is 14.1. The van der Waals surface area contributed by atoms with Gasteiger partial charge in [0, 0.05) is 23.0 Å². The third kappa shape index (κ3) is 7.72. The lowest BCUT2D eigenvalue weighted by Gasteiger charge is -2.10.